The molecule has 0 saturated carbocycles. The number of carbonyl (C=O) groups is 1. The van der Waals surface area contributed by atoms with E-state index in [-0.39, 0.29) is 0 Å². The van der Waals surface area contributed by atoms with E-state index in [1.54, 1.807) is 0 Å². The van der Waals surface area contributed by atoms with Gasteiger partial charge < -0.3 is 10.1 Å². The Morgan fingerprint density at radius 3 is 2.50 bits per heavy atom. The van der Waals surface area contributed by atoms with Crippen molar-refractivity contribution in [2.45, 2.75) is 20.3 Å². The van der Waals surface area contributed by atoms with Crippen LogP contribution < -0.4 is 10.1 Å². The molecular formula is C21H21NO2. The summed E-state index contributed by atoms with van der Waals surface area (Å²) >= 11 is 0. The fourth-order valence-corrected chi connectivity index (χ4v) is 2.68. The summed E-state index contributed by atoms with van der Waals surface area (Å²) in [6, 6.07) is 20.2. The molecule has 0 spiro atoms. The van der Waals surface area contributed by atoms with Gasteiger partial charge in [-0.1, -0.05) is 66.2 Å². The molecule has 0 aromatic heterocycles. The molecule has 0 aliphatic carbocycles. The predicted molar refractivity (Wildman–Crippen MR) is 97.6 cm³/mol. The van der Waals surface area contributed by atoms with Crippen molar-refractivity contribution in [2.75, 3.05) is 6.54 Å². The van der Waals surface area contributed by atoms with E-state index in [9.17, 15) is 4.79 Å². The first-order valence-corrected chi connectivity index (χ1v) is 8.13. The van der Waals surface area contributed by atoms with Crippen LogP contribution in [-0.2, 0) is 6.42 Å². The first-order chi connectivity index (χ1) is 11.6. The molecule has 1 amide bonds. The number of aryl methyl sites for hydroxylation is 2. The van der Waals surface area contributed by atoms with Gasteiger partial charge in [-0.25, -0.2) is 4.79 Å². The SMILES string of the molecule is Cc1ccc(CCNC(=O)Oc2c(C)ccc3ccccc23)cc1. The minimum atomic E-state index is -0.415. The Balaban J connectivity index is 1.63. The van der Waals surface area contributed by atoms with Crippen LogP contribution in [0.25, 0.3) is 10.8 Å². The minimum absolute atomic E-state index is 0.415. The van der Waals surface area contributed by atoms with Crippen molar-refractivity contribution in [3.63, 3.8) is 0 Å². The first kappa shape index (κ1) is 16.1. The Hall–Kier alpha value is -2.81. The number of rotatable bonds is 4. The van der Waals surface area contributed by atoms with E-state index in [0.717, 1.165) is 22.8 Å². The lowest BCUT2D eigenvalue weighted by Crippen LogP contribution is -2.29. The smallest absolute Gasteiger partial charge is 0.409 e. The summed E-state index contributed by atoms with van der Waals surface area (Å²) in [6.07, 6.45) is 0.366. The maximum Gasteiger partial charge on any atom is 0.412 e. The number of nitrogens with one attached hydrogen (secondary N) is 1. The van der Waals surface area contributed by atoms with Gasteiger partial charge in [-0.05, 0) is 36.8 Å². The summed E-state index contributed by atoms with van der Waals surface area (Å²) in [6.45, 7) is 4.55. The maximum absolute atomic E-state index is 12.1. The zero-order chi connectivity index (χ0) is 16.9. The number of ether oxygens (including phenoxy) is 1. The third-order valence-electron chi connectivity index (χ3n) is 4.07. The van der Waals surface area contributed by atoms with Crippen LogP contribution in [0.15, 0.2) is 60.7 Å². The highest BCUT2D eigenvalue weighted by molar-refractivity contribution is 5.91. The summed E-state index contributed by atoms with van der Waals surface area (Å²) in [5.74, 6) is 0.626. The van der Waals surface area contributed by atoms with Crippen molar-refractivity contribution in [1.29, 1.82) is 0 Å². The lowest BCUT2D eigenvalue weighted by molar-refractivity contribution is 0.201. The molecule has 1 N–H and O–H groups in total. The molecule has 3 nitrogen and oxygen atoms in total. The molecule has 0 unspecified atom stereocenters. The van der Waals surface area contributed by atoms with Gasteiger partial charge in [-0.3, -0.25) is 0 Å². The molecule has 3 rings (SSSR count). The normalized spacial score (nSPS) is 10.6. The molecule has 0 atom stereocenters. The predicted octanol–water partition coefficient (Wildman–Crippen LogP) is 4.79. The second kappa shape index (κ2) is 7.18. The molecule has 0 bridgehead atoms. The van der Waals surface area contributed by atoms with E-state index < -0.39 is 6.09 Å². The Kier molecular flexibility index (Phi) is 4.80. The number of carbonyl (C=O) groups excluding carboxylic acids is 1. The van der Waals surface area contributed by atoms with Crippen LogP contribution in [-0.4, -0.2) is 12.6 Å². The van der Waals surface area contributed by atoms with E-state index in [4.69, 9.17) is 4.74 Å². The fourth-order valence-electron chi connectivity index (χ4n) is 2.68. The van der Waals surface area contributed by atoms with Gasteiger partial charge in [0.1, 0.15) is 5.75 Å². The minimum Gasteiger partial charge on any atom is -0.409 e. The van der Waals surface area contributed by atoms with Gasteiger partial charge in [0, 0.05) is 11.9 Å². The van der Waals surface area contributed by atoms with E-state index >= 15 is 0 Å². The highest BCUT2D eigenvalue weighted by Gasteiger charge is 2.10. The van der Waals surface area contributed by atoms with Gasteiger partial charge in [0.15, 0.2) is 0 Å². The lowest BCUT2D eigenvalue weighted by atomic mass is 10.1. The molecule has 122 valence electrons. The number of hydrogen-bond acceptors (Lipinski definition) is 2. The fraction of sp³-hybridized carbons (Fsp3) is 0.190. The first-order valence-electron chi connectivity index (χ1n) is 8.13. The Bertz CT molecular complexity index is 853. The van der Waals surface area contributed by atoms with E-state index in [1.807, 2.05) is 43.3 Å². The van der Waals surface area contributed by atoms with Crippen LogP contribution in [0.5, 0.6) is 5.75 Å². The maximum atomic E-state index is 12.1. The zero-order valence-corrected chi connectivity index (χ0v) is 14.0. The molecule has 24 heavy (non-hydrogen) atoms. The van der Waals surface area contributed by atoms with Gasteiger partial charge in [0.2, 0.25) is 0 Å². The number of benzene rings is 3. The number of hydrogen-bond donors (Lipinski definition) is 1. The van der Waals surface area contributed by atoms with Crippen LogP contribution in [0.4, 0.5) is 4.79 Å². The molecule has 0 saturated heterocycles. The quantitative estimate of drug-likeness (QED) is 0.751. The summed E-state index contributed by atoms with van der Waals surface area (Å²) in [4.78, 5) is 12.1. The summed E-state index contributed by atoms with van der Waals surface area (Å²) in [7, 11) is 0. The van der Waals surface area contributed by atoms with Crippen molar-refractivity contribution < 1.29 is 9.53 Å². The van der Waals surface area contributed by atoms with Gasteiger partial charge in [0.25, 0.3) is 0 Å². The van der Waals surface area contributed by atoms with Crippen LogP contribution in [0.1, 0.15) is 16.7 Å². The summed E-state index contributed by atoms with van der Waals surface area (Å²) < 4.78 is 5.57. The largest absolute Gasteiger partial charge is 0.412 e. The monoisotopic (exact) mass is 319 g/mol. The Labute approximate surface area is 142 Å². The van der Waals surface area contributed by atoms with Gasteiger partial charge in [-0.15, -0.1) is 0 Å². The topological polar surface area (TPSA) is 38.3 Å². The molecule has 0 aliphatic heterocycles. The van der Waals surface area contributed by atoms with Crippen LogP contribution >= 0.6 is 0 Å². The molecule has 0 aliphatic rings. The highest BCUT2D eigenvalue weighted by atomic mass is 16.6. The standard InChI is InChI=1S/C21H21NO2/c1-15-7-10-17(11-8-15)13-14-22-21(23)24-20-16(2)9-12-18-5-3-4-6-19(18)20/h3-12H,13-14H2,1-2H3,(H,22,23). The Morgan fingerprint density at radius 2 is 1.71 bits per heavy atom. The lowest BCUT2D eigenvalue weighted by Gasteiger charge is -2.11. The molecule has 3 heteroatoms. The van der Waals surface area contributed by atoms with Crippen molar-refractivity contribution in [3.05, 3.63) is 77.4 Å². The van der Waals surface area contributed by atoms with Crippen LogP contribution in [0.2, 0.25) is 0 Å². The average molecular weight is 319 g/mol. The van der Waals surface area contributed by atoms with E-state index in [2.05, 4.69) is 36.5 Å². The Morgan fingerprint density at radius 1 is 0.958 bits per heavy atom. The van der Waals surface area contributed by atoms with Crippen molar-refractivity contribution in [3.8, 4) is 5.75 Å². The third kappa shape index (κ3) is 3.74. The molecule has 3 aromatic carbocycles. The van der Waals surface area contributed by atoms with Crippen molar-refractivity contribution in [2.24, 2.45) is 0 Å². The second-order valence-electron chi connectivity index (χ2n) is 5.98. The van der Waals surface area contributed by atoms with Gasteiger partial charge in [-0.2, -0.15) is 0 Å². The van der Waals surface area contributed by atoms with Crippen LogP contribution in [0, 0.1) is 13.8 Å². The van der Waals surface area contributed by atoms with Crippen molar-refractivity contribution >= 4 is 16.9 Å². The molecule has 0 fully saturated rings. The average Bonchev–Trinajstić information content (AvgIpc) is 2.59. The molecule has 0 radical (unpaired) electrons. The van der Waals surface area contributed by atoms with Gasteiger partial charge in [0.05, 0.1) is 0 Å². The molecular weight excluding hydrogens is 298 g/mol. The summed E-state index contributed by atoms with van der Waals surface area (Å²) in [5.41, 5.74) is 3.38. The van der Waals surface area contributed by atoms with Gasteiger partial charge >= 0.3 is 6.09 Å². The zero-order valence-electron chi connectivity index (χ0n) is 14.0. The summed E-state index contributed by atoms with van der Waals surface area (Å²) in [5, 5.41) is 4.84. The highest BCUT2D eigenvalue weighted by Crippen LogP contribution is 2.29. The second-order valence-corrected chi connectivity index (χ2v) is 5.98. The molecule has 0 heterocycles. The number of fused-ring (bicyclic) bond motifs is 1. The van der Waals surface area contributed by atoms with E-state index in [0.29, 0.717) is 12.3 Å². The third-order valence-corrected chi connectivity index (χ3v) is 4.07. The van der Waals surface area contributed by atoms with E-state index in [1.165, 1.54) is 11.1 Å². The van der Waals surface area contributed by atoms with Crippen LogP contribution in [0.3, 0.4) is 0 Å². The molecule has 3 aromatic rings. The number of amides is 1. The van der Waals surface area contributed by atoms with Crippen molar-refractivity contribution in [1.82, 2.24) is 5.32 Å².